The SMILES string of the molecule is O=C(CSc1nncn1C1CC1)c1ccc(Br)s1. The van der Waals surface area contributed by atoms with E-state index >= 15 is 0 Å². The summed E-state index contributed by atoms with van der Waals surface area (Å²) in [7, 11) is 0. The normalized spacial score (nSPS) is 14.9. The van der Waals surface area contributed by atoms with Gasteiger partial charge in [-0.3, -0.25) is 4.79 Å². The van der Waals surface area contributed by atoms with E-state index in [1.54, 1.807) is 6.33 Å². The number of thioether (sulfide) groups is 1. The van der Waals surface area contributed by atoms with Crippen LogP contribution >= 0.6 is 39.0 Å². The molecule has 0 aromatic carbocycles. The summed E-state index contributed by atoms with van der Waals surface area (Å²) in [5.41, 5.74) is 0. The average Bonchev–Trinajstić information content (AvgIpc) is 2.94. The van der Waals surface area contributed by atoms with Gasteiger partial charge in [-0.1, -0.05) is 11.8 Å². The Morgan fingerprint density at radius 1 is 1.56 bits per heavy atom. The summed E-state index contributed by atoms with van der Waals surface area (Å²) >= 11 is 6.29. The standard InChI is InChI=1S/C11H10BrN3OS2/c12-10-4-3-9(18-10)8(16)5-17-11-14-13-6-15(11)7-1-2-7/h3-4,6-7H,1-2,5H2. The Bertz CT molecular complexity index is 576. The number of rotatable bonds is 5. The zero-order chi connectivity index (χ0) is 12.5. The Morgan fingerprint density at radius 2 is 2.39 bits per heavy atom. The Morgan fingerprint density at radius 3 is 3.06 bits per heavy atom. The van der Waals surface area contributed by atoms with E-state index in [9.17, 15) is 4.79 Å². The van der Waals surface area contributed by atoms with Crippen LogP contribution in [-0.4, -0.2) is 26.3 Å². The first kappa shape index (κ1) is 12.4. The first-order valence-electron chi connectivity index (χ1n) is 5.55. The Kier molecular flexibility index (Phi) is 3.54. The van der Waals surface area contributed by atoms with Gasteiger partial charge < -0.3 is 4.57 Å². The number of nitrogens with zero attached hydrogens (tertiary/aromatic N) is 3. The second kappa shape index (κ2) is 5.14. The highest BCUT2D eigenvalue weighted by Gasteiger charge is 2.26. The highest BCUT2D eigenvalue weighted by molar-refractivity contribution is 9.11. The van der Waals surface area contributed by atoms with Crippen molar-refractivity contribution in [2.24, 2.45) is 0 Å². The Balaban J connectivity index is 1.63. The van der Waals surface area contributed by atoms with Crippen molar-refractivity contribution in [2.45, 2.75) is 24.0 Å². The molecule has 0 amide bonds. The lowest BCUT2D eigenvalue weighted by Crippen LogP contribution is -2.02. The highest BCUT2D eigenvalue weighted by Crippen LogP contribution is 2.37. The van der Waals surface area contributed by atoms with Crippen molar-refractivity contribution in [2.75, 3.05) is 5.75 Å². The van der Waals surface area contributed by atoms with Gasteiger partial charge in [0.2, 0.25) is 0 Å². The smallest absolute Gasteiger partial charge is 0.191 e. The van der Waals surface area contributed by atoms with Gasteiger partial charge in [0.1, 0.15) is 6.33 Å². The minimum atomic E-state index is 0.140. The molecule has 2 heterocycles. The summed E-state index contributed by atoms with van der Waals surface area (Å²) < 4.78 is 3.06. The quantitative estimate of drug-likeness (QED) is 0.616. The third-order valence-corrected chi connectivity index (χ3v) is 5.28. The Labute approximate surface area is 121 Å². The van der Waals surface area contributed by atoms with E-state index in [-0.39, 0.29) is 5.78 Å². The van der Waals surface area contributed by atoms with E-state index in [0.717, 1.165) is 13.8 Å². The van der Waals surface area contributed by atoms with Crippen LogP contribution in [-0.2, 0) is 0 Å². The summed E-state index contributed by atoms with van der Waals surface area (Å²) in [6.07, 6.45) is 4.14. The number of halogens is 1. The van der Waals surface area contributed by atoms with Gasteiger partial charge >= 0.3 is 0 Å². The maximum Gasteiger partial charge on any atom is 0.191 e. The molecule has 0 N–H and O–H groups in total. The maximum atomic E-state index is 12.0. The molecule has 1 aliphatic rings. The minimum Gasteiger partial charge on any atom is -0.306 e. The van der Waals surface area contributed by atoms with Crippen LogP contribution in [0, 0.1) is 0 Å². The second-order valence-electron chi connectivity index (χ2n) is 4.07. The summed E-state index contributed by atoms with van der Waals surface area (Å²) in [6.45, 7) is 0. The first-order chi connectivity index (χ1) is 8.74. The van der Waals surface area contributed by atoms with Gasteiger partial charge in [0.15, 0.2) is 10.9 Å². The number of ketones is 1. The summed E-state index contributed by atoms with van der Waals surface area (Å²) in [5.74, 6) is 0.555. The predicted octanol–water partition coefficient (Wildman–Crippen LogP) is 3.41. The molecule has 4 nitrogen and oxygen atoms in total. The number of carbonyl (C=O) groups excluding carboxylic acids is 1. The third kappa shape index (κ3) is 2.67. The number of aromatic nitrogens is 3. The van der Waals surface area contributed by atoms with E-state index in [1.165, 1.54) is 35.9 Å². The topological polar surface area (TPSA) is 47.8 Å². The molecule has 0 spiro atoms. The number of hydrogen-bond acceptors (Lipinski definition) is 5. The number of Topliss-reactive ketones (excluding diaryl/α,β-unsaturated/α-hetero) is 1. The average molecular weight is 344 g/mol. The van der Waals surface area contributed by atoms with Crippen molar-refractivity contribution in [3.63, 3.8) is 0 Å². The molecule has 18 heavy (non-hydrogen) atoms. The highest BCUT2D eigenvalue weighted by atomic mass is 79.9. The second-order valence-corrected chi connectivity index (χ2v) is 7.47. The van der Waals surface area contributed by atoms with E-state index < -0.39 is 0 Å². The van der Waals surface area contributed by atoms with Crippen LogP contribution in [0.3, 0.4) is 0 Å². The summed E-state index contributed by atoms with van der Waals surface area (Å²) in [5, 5.41) is 8.83. The molecule has 0 saturated heterocycles. The summed E-state index contributed by atoms with van der Waals surface area (Å²) in [6, 6.07) is 4.30. The van der Waals surface area contributed by atoms with Crippen molar-refractivity contribution < 1.29 is 4.79 Å². The van der Waals surface area contributed by atoms with Gasteiger partial charge in [-0.25, -0.2) is 0 Å². The van der Waals surface area contributed by atoms with Gasteiger partial charge in [0.25, 0.3) is 0 Å². The van der Waals surface area contributed by atoms with Gasteiger partial charge in [-0.2, -0.15) is 0 Å². The van der Waals surface area contributed by atoms with Crippen LogP contribution in [0.2, 0.25) is 0 Å². The molecule has 3 rings (SSSR count). The van der Waals surface area contributed by atoms with E-state index in [1.807, 2.05) is 12.1 Å². The van der Waals surface area contributed by atoms with Crippen LogP contribution in [0.5, 0.6) is 0 Å². The molecule has 0 aliphatic heterocycles. The van der Waals surface area contributed by atoms with Crippen molar-refractivity contribution in [3.05, 3.63) is 27.1 Å². The minimum absolute atomic E-state index is 0.140. The molecule has 1 saturated carbocycles. The van der Waals surface area contributed by atoms with Crippen LogP contribution in [0.15, 0.2) is 27.4 Å². The van der Waals surface area contributed by atoms with Gasteiger partial charge in [0, 0.05) is 6.04 Å². The molecule has 0 bridgehead atoms. The maximum absolute atomic E-state index is 12.0. The van der Waals surface area contributed by atoms with Crippen LogP contribution in [0.1, 0.15) is 28.6 Å². The molecular weight excluding hydrogens is 334 g/mol. The van der Waals surface area contributed by atoms with Crippen molar-refractivity contribution in [1.29, 1.82) is 0 Å². The van der Waals surface area contributed by atoms with Crippen molar-refractivity contribution in [3.8, 4) is 0 Å². The molecule has 94 valence electrons. The molecule has 1 aliphatic carbocycles. The Hall–Kier alpha value is -0.660. The van der Waals surface area contributed by atoms with Crippen LogP contribution in [0.25, 0.3) is 0 Å². The fourth-order valence-corrected chi connectivity index (χ4v) is 3.88. The van der Waals surface area contributed by atoms with E-state index in [4.69, 9.17) is 0 Å². The van der Waals surface area contributed by atoms with E-state index in [2.05, 4.69) is 30.7 Å². The largest absolute Gasteiger partial charge is 0.306 e. The fourth-order valence-electron chi connectivity index (χ4n) is 1.60. The zero-order valence-electron chi connectivity index (χ0n) is 9.38. The van der Waals surface area contributed by atoms with Gasteiger partial charge in [-0.05, 0) is 40.9 Å². The number of carbonyl (C=O) groups is 1. The van der Waals surface area contributed by atoms with Crippen molar-refractivity contribution in [1.82, 2.24) is 14.8 Å². The molecule has 0 radical (unpaired) electrons. The van der Waals surface area contributed by atoms with Crippen molar-refractivity contribution >= 4 is 44.8 Å². The molecule has 0 atom stereocenters. The predicted molar refractivity (Wildman–Crippen MR) is 75.4 cm³/mol. The van der Waals surface area contributed by atoms with Crippen LogP contribution < -0.4 is 0 Å². The lowest BCUT2D eigenvalue weighted by molar-refractivity contribution is 0.102. The zero-order valence-corrected chi connectivity index (χ0v) is 12.6. The fraction of sp³-hybridized carbons (Fsp3) is 0.364. The van der Waals surface area contributed by atoms with Gasteiger partial charge in [-0.15, -0.1) is 21.5 Å². The van der Waals surface area contributed by atoms with E-state index in [0.29, 0.717) is 11.8 Å². The molecular formula is C11H10BrN3OS2. The molecule has 7 heteroatoms. The lowest BCUT2D eigenvalue weighted by Gasteiger charge is -2.02. The molecule has 1 fully saturated rings. The third-order valence-electron chi connectivity index (χ3n) is 2.66. The number of thiophene rings is 1. The number of hydrogen-bond donors (Lipinski definition) is 0. The first-order valence-corrected chi connectivity index (χ1v) is 8.14. The van der Waals surface area contributed by atoms with Crippen LogP contribution in [0.4, 0.5) is 0 Å². The monoisotopic (exact) mass is 343 g/mol. The molecule has 2 aromatic heterocycles. The van der Waals surface area contributed by atoms with Gasteiger partial charge in [0.05, 0.1) is 14.4 Å². The lowest BCUT2D eigenvalue weighted by atomic mass is 10.4. The summed E-state index contributed by atoms with van der Waals surface area (Å²) in [4.78, 5) is 12.7. The molecule has 0 unspecified atom stereocenters. The molecule has 2 aromatic rings.